The van der Waals surface area contributed by atoms with E-state index < -0.39 is 17.2 Å². The third-order valence-corrected chi connectivity index (χ3v) is 8.64. The minimum absolute atomic E-state index is 0.0163. The fourth-order valence-electron chi connectivity index (χ4n) is 6.50. The number of aliphatic hydroxyl groups is 1. The van der Waals surface area contributed by atoms with E-state index in [-0.39, 0.29) is 23.7 Å². The number of rotatable bonds is 7. The molecule has 2 fully saturated rings. The van der Waals surface area contributed by atoms with Crippen molar-refractivity contribution in [3.8, 4) is 22.3 Å². The Labute approximate surface area is 239 Å². The van der Waals surface area contributed by atoms with Gasteiger partial charge < -0.3 is 26.2 Å². The lowest BCUT2D eigenvalue weighted by Gasteiger charge is -2.49. The number of hydrogen-bond acceptors (Lipinski definition) is 5. The van der Waals surface area contributed by atoms with Crippen LogP contribution in [-0.2, 0) is 10.3 Å². The van der Waals surface area contributed by atoms with Gasteiger partial charge in [0.05, 0.1) is 5.60 Å². The number of aromatic nitrogens is 1. The highest BCUT2D eigenvalue weighted by atomic mass is 19.1. The highest BCUT2D eigenvalue weighted by molar-refractivity contribution is 5.92. The Morgan fingerprint density at radius 1 is 1.05 bits per heavy atom. The standard InChI is InChI=1S/C32H37FN4O4/c1-31(41)18-32(34,19-31)22-11-9-21(10-12-22)26-17-35-28(16-25(26)24-5-3-4-6-27(24)33)36-29(38)15-20-7-13-23(14-8-20)37(2)30(39)40/h3-6,9-12,16-17,20,23,41H,7-8,13-15,18-19,34H2,1-2H3,(H,39,40)(H,35,36,38). The van der Waals surface area contributed by atoms with Crippen molar-refractivity contribution >= 4 is 17.8 Å². The lowest BCUT2D eigenvalue weighted by Crippen LogP contribution is -2.58. The van der Waals surface area contributed by atoms with Gasteiger partial charge in [0.25, 0.3) is 0 Å². The minimum Gasteiger partial charge on any atom is -0.465 e. The summed E-state index contributed by atoms with van der Waals surface area (Å²) in [7, 11) is 1.59. The highest BCUT2D eigenvalue weighted by Gasteiger charge is 2.49. The van der Waals surface area contributed by atoms with E-state index in [9.17, 15) is 24.2 Å². The van der Waals surface area contributed by atoms with Crippen LogP contribution in [0.4, 0.5) is 15.0 Å². The molecule has 0 radical (unpaired) electrons. The maximum Gasteiger partial charge on any atom is 0.407 e. The van der Waals surface area contributed by atoms with Crippen LogP contribution in [0.15, 0.2) is 60.8 Å². The summed E-state index contributed by atoms with van der Waals surface area (Å²) in [6, 6.07) is 15.9. The monoisotopic (exact) mass is 560 g/mol. The fourth-order valence-corrected chi connectivity index (χ4v) is 6.50. The van der Waals surface area contributed by atoms with E-state index in [4.69, 9.17) is 5.73 Å². The quantitative estimate of drug-likeness (QED) is 0.291. The van der Waals surface area contributed by atoms with Crippen LogP contribution in [0.5, 0.6) is 0 Å². The van der Waals surface area contributed by atoms with Crippen LogP contribution in [-0.4, -0.2) is 50.8 Å². The largest absolute Gasteiger partial charge is 0.465 e. The molecule has 0 atom stereocenters. The third kappa shape index (κ3) is 6.26. The number of amides is 2. The minimum atomic E-state index is -0.932. The summed E-state index contributed by atoms with van der Waals surface area (Å²) >= 11 is 0. The lowest BCUT2D eigenvalue weighted by atomic mass is 9.63. The summed E-state index contributed by atoms with van der Waals surface area (Å²) in [6.07, 6.45) is 5.01. The molecular formula is C32H37FN4O4. The first kappa shape index (κ1) is 28.7. The first-order valence-electron chi connectivity index (χ1n) is 14.1. The smallest absolute Gasteiger partial charge is 0.407 e. The highest BCUT2D eigenvalue weighted by Crippen LogP contribution is 2.46. The number of pyridine rings is 1. The molecule has 2 aromatic carbocycles. The van der Waals surface area contributed by atoms with Crippen molar-refractivity contribution in [2.75, 3.05) is 12.4 Å². The number of carbonyl (C=O) groups is 2. The van der Waals surface area contributed by atoms with Crippen LogP contribution in [0.25, 0.3) is 22.3 Å². The number of nitrogens with one attached hydrogen (secondary N) is 1. The molecule has 2 aliphatic carbocycles. The van der Waals surface area contributed by atoms with Gasteiger partial charge in [0.15, 0.2) is 0 Å². The van der Waals surface area contributed by atoms with Crippen LogP contribution < -0.4 is 11.1 Å². The van der Waals surface area contributed by atoms with Crippen LogP contribution >= 0.6 is 0 Å². The summed E-state index contributed by atoms with van der Waals surface area (Å²) in [4.78, 5) is 30.0. The Balaban J connectivity index is 1.33. The van der Waals surface area contributed by atoms with Crippen LogP contribution in [0, 0.1) is 11.7 Å². The Morgan fingerprint density at radius 3 is 2.32 bits per heavy atom. The molecule has 0 unspecified atom stereocenters. The maximum atomic E-state index is 15.0. The second-order valence-electron chi connectivity index (χ2n) is 12.0. The zero-order chi connectivity index (χ0) is 29.4. The average Bonchev–Trinajstić information content (AvgIpc) is 2.92. The molecule has 5 rings (SSSR count). The molecule has 0 spiro atoms. The van der Waals surface area contributed by atoms with E-state index in [1.54, 1.807) is 44.4 Å². The van der Waals surface area contributed by atoms with Gasteiger partial charge in [-0.3, -0.25) is 4.79 Å². The van der Waals surface area contributed by atoms with E-state index in [1.165, 1.54) is 11.0 Å². The second-order valence-corrected chi connectivity index (χ2v) is 12.0. The van der Waals surface area contributed by atoms with Gasteiger partial charge in [-0.2, -0.15) is 0 Å². The molecule has 0 bridgehead atoms. The SMILES string of the molecule is CN(C(=O)O)C1CCC(CC(=O)Nc2cc(-c3ccccc3F)c(-c3ccc(C4(N)CC(C)(O)C4)cc3)cn2)CC1. The van der Waals surface area contributed by atoms with E-state index in [2.05, 4.69) is 10.3 Å². The van der Waals surface area contributed by atoms with E-state index >= 15 is 0 Å². The topological polar surface area (TPSA) is 129 Å². The molecule has 0 aliphatic heterocycles. The van der Waals surface area contributed by atoms with Gasteiger partial charge in [-0.15, -0.1) is 0 Å². The Morgan fingerprint density at radius 2 is 1.71 bits per heavy atom. The van der Waals surface area contributed by atoms with Crippen molar-refractivity contribution in [2.24, 2.45) is 11.7 Å². The number of nitrogens with two attached hydrogens (primary N) is 1. The number of carboxylic acid groups (broad SMARTS) is 1. The van der Waals surface area contributed by atoms with Gasteiger partial charge in [0.2, 0.25) is 5.91 Å². The Hall–Kier alpha value is -3.82. The second kappa shape index (κ2) is 11.2. The van der Waals surface area contributed by atoms with Gasteiger partial charge in [-0.1, -0.05) is 42.5 Å². The van der Waals surface area contributed by atoms with Crippen molar-refractivity contribution < 1.29 is 24.2 Å². The van der Waals surface area contributed by atoms with E-state index in [0.29, 0.717) is 41.8 Å². The molecule has 2 aliphatic rings. The van der Waals surface area contributed by atoms with Crippen LogP contribution in [0.1, 0.15) is 57.4 Å². The first-order valence-corrected chi connectivity index (χ1v) is 14.1. The van der Waals surface area contributed by atoms with Gasteiger partial charge in [-0.05, 0) is 80.2 Å². The van der Waals surface area contributed by atoms with Gasteiger partial charge >= 0.3 is 6.09 Å². The molecule has 41 heavy (non-hydrogen) atoms. The molecule has 216 valence electrons. The van der Waals surface area contributed by atoms with Crippen LogP contribution in [0.2, 0.25) is 0 Å². The summed E-state index contributed by atoms with van der Waals surface area (Å²) in [6.45, 7) is 1.78. The van der Waals surface area contributed by atoms with Crippen molar-refractivity contribution in [3.05, 3.63) is 72.2 Å². The van der Waals surface area contributed by atoms with Crippen molar-refractivity contribution in [2.45, 2.75) is 69.1 Å². The van der Waals surface area contributed by atoms with Crippen molar-refractivity contribution in [3.63, 3.8) is 0 Å². The lowest BCUT2D eigenvalue weighted by molar-refractivity contribution is -0.117. The number of nitrogens with zero attached hydrogens (tertiary/aromatic N) is 2. The number of carbonyl (C=O) groups excluding carboxylic acids is 1. The van der Waals surface area contributed by atoms with Crippen LogP contribution in [0.3, 0.4) is 0 Å². The molecule has 5 N–H and O–H groups in total. The van der Waals surface area contributed by atoms with Gasteiger partial charge in [0, 0.05) is 42.4 Å². The molecule has 3 aromatic rings. The normalized spacial score (nSPS) is 25.7. The molecule has 1 aromatic heterocycles. The Bertz CT molecular complexity index is 1430. The maximum absolute atomic E-state index is 15.0. The van der Waals surface area contributed by atoms with E-state index in [0.717, 1.165) is 36.8 Å². The predicted molar refractivity (Wildman–Crippen MR) is 156 cm³/mol. The predicted octanol–water partition coefficient (Wildman–Crippen LogP) is 5.75. The summed E-state index contributed by atoms with van der Waals surface area (Å²) < 4.78 is 15.0. The summed E-state index contributed by atoms with van der Waals surface area (Å²) in [5.74, 6) is -0.0451. The summed E-state index contributed by atoms with van der Waals surface area (Å²) in [5, 5.41) is 22.3. The Kier molecular flexibility index (Phi) is 7.85. The molecular weight excluding hydrogens is 523 g/mol. The van der Waals surface area contributed by atoms with Crippen molar-refractivity contribution in [1.29, 1.82) is 0 Å². The fraction of sp³-hybridized carbons (Fsp3) is 0.406. The molecule has 0 saturated heterocycles. The van der Waals surface area contributed by atoms with Gasteiger partial charge in [0.1, 0.15) is 11.6 Å². The third-order valence-electron chi connectivity index (χ3n) is 8.64. The number of halogens is 1. The zero-order valence-corrected chi connectivity index (χ0v) is 23.4. The average molecular weight is 561 g/mol. The zero-order valence-electron chi connectivity index (χ0n) is 23.4. The number of benzene rings is 2. The first-order chi connectivity index (χ1) is 19.4. The molecule has 1 heterocycles. The van der Waals surface area contributed by atoms with Crippen molar-refractivity contribution in [1.82, 2.24) is 9.88 Å². The molecule has 2 amide bonds. The molecule has 8 nitrogen and oxygen atoms in total. The number of hydrogen-bond donors (Lipinski definition) is 4. The van der Waals surface area contributed by atoms with E-state index in [1.807, 2.05) is 24.3 Å². The number of anilines is 1. The van der Waals surface area contributed by atoms with Gasteiger partial charge in [-0.25, -0.2) is 14.2 Å². The molecule has 9 heteroatoms. The molecule has 2 saturated carbocycles. The summed E-state index contributed by atoms with van der Waals surface area (Å²) in [5.41, 5.74) is 8.65.